The molecule has 2 fully saturated rings. The first-order valence-corrected chi connectivity index (χ1v) is 20.0. The molecule has 3 N–H and O–H groups in total. The molecule has 300 valence electrons. The van der Waals surface area contributed by atoms with Crippen LogP contribution in [0.3, 0.4) is 0 Å². The number of alkyl halides is 4. The first kappa shape index (κ1) is 39.9. The Bertz CT molecular complexity index is 2480. The lowest BCUT2D eigenvalue weighted by Gasteiger charge is -2.31. The number of nitrogens with zero attached hydrogens (tertiary/aromatic N) is 6. The third kappa shape index (κ3) is 8.35. The van der Waals surface area contributed by atoms with Crippen LogP contribution >= 0.6 is 11.6 Å². The van der Waals surface area contributed by atoms with Crippen molar-refractivity contribution in [2.75, 3.05) is 30.6 Å². The second-order valence-electron chi connectivity index (χ2n) is 14.5. The Morgan fingerprint density at radius 1 is 0.946 bits per heavy atom. The molecule has 11 nitrogen and oxygen atoms in total. The van der Waals surface area contributed by atoms with Gasteiger partial charge in [0.2, 0.25) is 15.9 Å². The quantitative estimate of drug-likeness (QED) is 0.146. The van der Waals surface area contributed by atoms with Gasteiger partial charge in [-0.1, -0.05) is 11.6 Å². The van der Waals surface area contributed by atoms with Crippen LogP contribution in [0.15, 0.2) is 41.2 Å². The molecule has 1 aliphatic heterocycles. The summed E-state index contributed by atoms with van der Waals surface area (Å²) in [4.78, 5) is 25.4. The summed E-state index contributed by atoms with van der Waals surface area (Å²) < 4.78 is 130. The highest BCUT2D eigenvalue weighted by molar-refractivity contribution is 7.92. The van der Waals surface area contributed by atoms with Gasteiger partial charge in [-0.05, 0) is 55.2 Å². The Labute approximate surface area is 320 Å². The number of nitrogens with two attached hydrogens (primary N) is 1. The highest BCUT2D eigenvalue weighted by Gasteiger charge is 2.37. The van der Waals surface area contributed by atoms with E-state index in [0.717, 1.165) is 29.0 Å². The van der Waals surface area contributed by atoms with Crippen LogP contribution in [0, 0.1) is 17.5 Å². The average Bonchev–Trinajstić information content (AvgIpc) is 3.45. The van der Waals surface area contributed by atoms with Gasteiger partial charge in [0.05, 0.1) is 51.5 Å². The number of anilines is 1. The normalized spacial score (nSPS) is 18.5. The molecule has 0 spiro atoms. The summed E-state index contributed by atoms with van der Waals surface area (Å²) in [6, 6.07) is 5.16. The number of nitrogens with one attached hydrogen (secondary N) is 1. The average molecular weight is 829 g/mol. The number of hydrogen-bond donors (Lipinski definition) is 2. The van der Waals surface area contributed by atoms with Crippen LogP contribution in [0.2, 0.25) is 5.02 Å². The highest BCUT2D eigenvalue weighted by atomic mass is 35.5. The molecule has 3 aromatic heterocycles. The molecule has 0 unspecified atom stereocenters. The van der Waals surface area contributed by atoms with Crippen LogP contribution in [0.1, 0.15) is 67.6 Å². The SMILES string of the molecule is CS(=O)(=O)Nc1nn(CCN2CCC(F)(F)CC2)c2c(-n3c([C@@H](N)Cc4cc(F)cc(F)c4)nc4nc(C5CCC(F)(F)CC5)c(F)cc4c3=O)ccc(Cl)c12. The fourth-order valence-electron chi connectivity index (χ4n) is 7.47. The van der Waals surface area contributed by atoms with Crippen molar-refractivity contribution in [1.29, 1.82) is 0 Å². The van der Waals surface area contributed by atoms with E-state index in [1.807, 2.05) is 0 Å². The Kier molecular flexibility index (Phi) is 10.6. The van der Waals surface area contributed by atoms with Crippen LogP contribution < -0.4 is 16.0 Å². The van der Waals surface area contributed by atoms with E-state index < -0.39 is 69.7 Å². The van der Waals surface area contributed by atoms with Gasteiger partial charge in [0.15, 0.2) is 11.5 Å². The summed E-state index contributed by atoms with van der Waals surface area (Å²) in [5.41, 5.74) is 5.57. The van der Waals surface area contributed by atoms with Crippen molar-refractivity contribution in [1.82, 2.24) is 29.2 Å². The minimum atomic E-state index is -3.95. The third-order valence-electron chi connectivity index (χ3n) is 10.2. The lowest BCUT2D eigenvalue weighted by atomic mass is 9.84. The molecule has 2 aliphatic rings. The maximum Gasteiger partial charge on any atom is 0.267 e. The summed E-state index contributed by atoms with van der Waals surface area (Å²) in [5, 5.41) is 4.21. The fraction of sp³-hybridized carbons (Fsp3) is 0.444. The van der Waals surface area contributed by atoms with Crippen molar-refractivity contribution >= 4 is 49.4 Å². The Hall–Kier alpha value is -4.33. The van der Waals surface area contributed by atoms with Crippen molar-refractivity contribution in [2.24, 2.45) is 5.73 Å². The van der Waals surface area contributed by atoms with Crippen LogP contribution in [0.25, 0.3) is 27.6 Å². The molecule has 20 heteroatoms. The highest BCUT2D eigenvalue weighted by Crippen LogP contribution is 2.42. The largest absolute Gasteiger partial charge is 0.321 e. The Morgan fingerprint density at radius 3 is 2.23 bits per heavy atom. The number of halogens is 8. The van der Waals surface area contributed by atoms with Gasteiger partial charge in [-0.2, -0.15) is 5.10 Å². The van der Waals surface area contributed by atoms with E-state index >= 15 is 4.39 Å². The first-order chi connectivity index (χ1) is 26.3. The number of aromatic nitrogens is 5. The number of rotatable bonds is 10. The summed E-state index contributed by atoms with van der Waals surface area (Å²) >= 11 is 6.66. The van der Waals surface area contributed by atoms with E-state index in [4.69, 9.17) is 17.3 Å². The Balaban J connectivity index is 1.43. The minimum absolute atomic E-state index is 0.000545. The standard InChI is InChI=1S/C36H36ClF7N8O3S/c1-56(54,55)49-32-28-24(37)2-3-27(30(28)51(48-32)13-12-50-10-8-36(43,44)9-11-50)52-33(26(45)16-19-14-21(38)17-22(39)15-19)47-31-23(34(52)53)18-25(40)29(46-31)20-4-6-35(41,42)7-5-20/h2-3,14-15,17-18,20,26H,4-13,16,45H2,1H3,(H,48,49)/t26-/m0/s1. The monoisotopic (exact) mass is 828 g/mol. The van der Waals surface area contributed by atoms with Crippen LogP contribution in [0.4, 0.5) is 36.6 Å². The molecule has 56 heavy (non-hydrogen) atoms. The molecule has 5 aromatic rings. The number of likely N-dealkylation sites (tertiary alicyclic amines) is 1. The number of benzene rings is 2. The fourth-order valence-corrected chi connectivity index (χ4v) is 8.20. The molecule has 0 amide bonds. The molecule has 2 aromatic carbocycles. The zero-order chi connectivity index (χ0) is 40.3. The van der Waals surface area contributed by atoms with Crippen molar-refractivity contribution < 1.29 is 39.2 Å². The van der Waals surface area contributed by atoms with E-state index in [1.54, 1.807) is 4.90 Å². The molecule has 0 bridgehead atoms. The molecule has 1 atom stereocenters. The lowest BCUT2D eigenvalue weighted by Crippen LogP contribution is -2.40. The molecular weight excluding hydrogens is 793 g/mol. The first-order valence-electron chi connectivity index (χ1n) is 17.8. The second-order valence-corrected chi connectivity index (χ2v) is 16.6. The minimum Gasteiger partial charge on any atom is -0.321 e. The van der Waals surface area contributed by atoms with Gasteiger partial charge in [0, 0.05) is 57.3 Å². The molecule has 0 radical (unpaired) electrons. The van der Waals surface area contributed by atoms with Crippen molar-refractivity contribution in [2.45, 2.75) is 75.3 Å². The van der Waals surface area contributed by atoms with Crippen molar-refractivity contribution in [3.05, 3.63) is 86.3 Å². The van der Waals surface area contributed by atoms with Gasteiger partial charge in [0.1, 0.15) is 23.3 Å². The van der Waals surface area contributed by atoms with E-state index in [-0.39, 0.29) is 114 Å². The maximum absolute atomic E-state index is 15.8. The lowest BCUT2D eigenvalue weighted by molar-refractivity contribution is -0.0555. The molecule has 4 heterocycles. The van der Waals surface area contributed by atoms with Crippen LogP contribution in [0.5, 0.6) is 0 Å². The van der Waals surface area contributed by atoms with Gasteiger partial charge >= 0.3 is 0 Å². The van der Waals surface area contributed by atoms with Crippen molar-refractivity contribution in [3.8, 4) is 5.69 Å². The van der Waals surface area contributed by atoms with E-state index in [9.17, 15) is 39.6 Å². The summed E-state index contributed by atoms with van der Waals surface area (Å²) in [6.07, 6.45) is -1.18. The van der Waals surface area contributed by atoms with Gasteiger partial charge < -0.3 is 10.6 Å². The number of hydrogen-bond acceptors (Lipinski definition) is 8. The van der Waals surface area contributed by atoms with E-state index in [1.165, 1.54) is 16.8 Å². The summed E-state index contributed by atoms with van der Waals surface area (Å²) in [5.74, 6) is -9.50. The van der Waals surface area contributed by atoms with Gasteiger partial charge in [-0.3, -0.25) is 18.8 Å². The molecule has 1 saturated heterocycles. The number of fused-ring (bicyclic) bond motifs is 2. The summed E-state index contributed by atoms with van der Waals surface area (Å²) in [7, 11) is -3.95. The smallest absolute Gasteiger partial charge is 0.267 e. The van der Waals surface area contributed by atoms with E-state index in [0.29, 0.717) is 6.07 Å². The molecular formula is C36H36ClF7N8O3S. The third-order valence-corrected chi connectivity index (χ3v) is 11.1. The predicted octanol–water partition coefficient (Wildman–Crippen LogP) is 6.84. The van der Waals surface area contributed by atoms with Crippen molar-refractivity contribution in [3.63, 3.8) is 0 Å². The number of piperidine rings is 1. The molecule has 1 saturated carbocycles. The second kappa shape index (κ2) is 14.9. The number of pyridine rings is 1. The molecule has 7 rings (SSSR count). The van der Waals surface area contributed by atoms with Crippen LogP contribution in [-0.4, -0.2) is 75.4 Å². The van der Waals surface area contributed by atoms with E-state index in [2.05, 4.69) is 19.8 Å². The maximum atomic E-state index is 15.8. The predicted molar refractivity (Wildman–Crippen MR) is 196 cm³/mol. The topological polar surface area (TPSA) is 141 Å². The summed E-state index contributed by atoms with van der Waals surface area (Å²) in [6.45, 7) is 0.336. The van der Waals surface area contributed by atoms with Gasteiger partial charge in [-0.15, -0.1) is 0 Å². The zero-order valence-corrected chi connectivity index (χ0v) is 31.4. The zero-order valence-electron chi connectivity index (χ0n) is 29.8. The molecule has 1 aliphatic carbocycles. The number of sulfonamides is 1. The van der Waals surface area contributed by atoms with Gasteiger partial charge in [0.25, 0.3) is 11.5 Å². The Morgan fingerprint density at radius 2 is 1.59 bits per heavy atom. The van der Waals surface area contributed by atoms with Gasteiger partial charge in [-0.25, -0.2) is 49.1 Å². The van der Waals surface area contributed by atoms with Crippen LogP contribution in [-0.2, 0) is 23.0 Å².